The zero-order chi connectivity index (χ0) is 18.1. The van der Waals surface area contributed by atoms with Gasteiger partial charge >= 0.3 is 6.03 Å². The molecule has 1 aromatic heterocycles. The fourth-order valence-electron chi connectivity index (χ4n) is 4.53. The molecular weight excluding hydrogens is 330 g/mol. The monoisotopic (exact) mass is 357 g/mol. The summed E-state index contributed by atoms with van der Waals surface area (Å²) in [6.07, 6.45) is 5.47. The molecule has 7 heteroatoms. The zero-order valence-corrected chi connectivity index (χ0v) is 15.3. The molecule has 7 nitrogen and oxygen atoms in total. The molecule has 0 unspecified atom stereocenters. The predicted molar refractivity (Wildman–Crippen MR) is 98.9 cm³/mol. The molecule has 3 aliphatic rings. The number of aromatic nitrogens is 1. The van der Waals surface area contributed by atoms with E-state index in [9.17, 15) is 9.59 Å². The van der Waals surface area contributed by atoms with Crippen molar-refractivity contribution in [1.82, 2.24) is 20.1 Å². The highest BCUT2D eigenvalue weighted by Gasteiger charge is 2.45. The summed E-state index contributed by atoms with van der Waals surface area (Å²) in [5.41, 5.74) is 0. The molecule has 0 spiro atoms. The highest BCUT2D eigenvalue weighted by molar-refractivity contribution is 5.84. The zero-order valence-electron chi connectivity index (χ0n) is 15.3. The van der Waals surface area contributed by atoms with Crippen molar-refractivity contribution < 1.29 is 9.59 Å². The van der Waals surface area contributed by atoms with Crippen molar-refractivity contribution in [2.45, 2.75) is 37.8 Å². The topological polar surface area (TPSA) is 68.8 Å². The molecule has 0 bridgehead atoms. The van der Waals surface area contributed by atoms with Gasteiger partial charge in [-0.25, -0.2) is 9.78 Å². The molecule has 4 heterocycles. The predicted octanol–water partition coefficient (Wildman–Crippen LogP) is 1.31. The van der Waals surface area contributed by atoms with Crippen LogP contribution in [0.25, 0.3) is 0 Å². The van der Waals surface area contributed by atoms with Gasteiger partial charge in [0, 0.05) is 45.5 Å². The third kappa shape index (κ3) is 3.22. The molecule has 0 aliphatic carbocycles. The van der Waals surface area contributed by atoms with Crippen molar-refractivity contribution in [3.8, 4) is 0 Å². The molecule has 0 aromatic carbocycles. The first-order valence-corrected chi connectivity index (χ1v) is 9.61. The molecule has 2 atom stereocenters. The summed E-state index contributed by atoms with van der Waals surface area (Å²) in [5, 5.41) is 3.21. The number of urea groups is 1. The summed E-state index contributed by atoms with van der Waals surface area (Å²) in [6, 6.07) is 6.18. The van der Waals surface area contributed by atoms with E-state index in [1.54, 1.807) is 4.90 Å². The fraction of sp³-hybridized carbons (Fsp3) is 0.632. The van der Waals surface area contributed by atoms with Crippen LogP contribution in [-0.4, -0.2) is 72.0 Å². The lowest BCUT2D eigenvalue weighted by Crippen LogP contribution is -2.55. The Labute approximate surface area is 154 Å². The molecule has 3 saturated heterocycles. The number of rotatable bonds is 2. The van der Waals surface area contributed by atoms with Crippen molar-refractivity contribution >= 4 is 17.8 Å². The van der Waals surface area contributed by atoms with Crippen LogP contribution in [0, 0.1) is 5.92 Å². The van der Waals surface area contributed by atoms with E-state index in [1.807, 2.05) is 36.3 Å². The number of anilines is 1. The highest BCUT2D eigenvalue weighted by atomic mass is 16.2. The van der Waals surface area contributed by atoms with Gasteiger partial charge in [-0.2, -0.15) is 0 Å². The van der Waals surface area contributed by atoms with Gasteiger partial charge in [-0.3, -0.25) is 4.79 Å². The number of fused-ring (bicyclic) bond motifs is 1. The third-order valence-electron chi connectivity index (χ3n) is 5.99. The van der Waals surface area contributed by atoms with Crippen LogP contribution in [0.2, 0.25) is 0 Å². The second kappa shape index (κ2) is 7.13. The Morgan fingerprint density at radius 3 is 2.73 bits per heavy atom. The highest BCUT2D eigenvalue weighted by Crippen LogP contribution is 2.31. The van der Waals surface area contributed by atoms with Crippen LogP contribution >= 0.6 is 0 Å². The maximum atomic E-state index is 12.8. The van der Waals surface area contributed by atoms with Crippen LogP contribution in [0.15, 0.2) is 24.4 Å². The van der Waals surface area contributed by atoms with Crippen LogP contribution < -0.4 is 10.2 Å². The Bertz CT molecular complexity index is 659. The Kier molecular flexibility index (Phi) is 4.70. The summed E-state index contributed by atoms with van der Waals surface area (Å²) in [5.74, 6) is 1.19. The van der Waals surface area contributed by atoms with Crippen molar-refractivity contribution in [3.63, 3.8) is 0 Å². The van der Waals surface area contributed by atoms with Gasteiger partial charge in [0.1, 0.15) is 5.82 Å². The van der Waals surface area contributed by atoms with E-state index in [1.165, 1.54) is 0 Å². The lowest BCUT2D eigenvalue weighted by atomic mass is 9.92. The summed E-state index contributed by atoms with van der Waals surface area (Å²) in [6.45, 7) is 3.21. The fourth-order valence-corrected chi connectivity index (χ4v) is 4.53. The molecule has 3 aliphatic heterocycles. The van der Waals surface area contributed by atoms with E-state index in [0.717, 1.165) is 51.1 Å². The van der Waals surface area contributed by atoms with Crippen molar-refractivity contribution in [3.05, 3.63) is 24.4 Å². The maximum absolute atomic E-state index is 12.8. The van der Waals surface area contributed by atoms with Crippen LogP contribution in [0.4, 0.5) is 10.6 Å². The molecule has 3 fully saturated rings. The van der Waals surface area contributed by atoms with Crippen molar-refractivity contribution in [2.75, 3.05) is 38.1 Å². The van der Waals surface area contributed by atoms with Gasteiger partial charge in [-0.15, -0.1) is 0 Å². The number of nitrogens with one attached hydrogen (secondary N) is 1. The summed E-state index contributed by atoms with van der Waals surface area (Å²) in [4.78, 5) is 35.4. The molecule has 1 aromatic rings. The lowest BCUT2D eigenvalue weighted by Gasteiger charge is -2.38. The third-order valence-corrected chi connectivity index (χ3v) is 5.99. The Morgan fingerprint density at radius 2 is 2.00 bits per heavy atom. The van der Waals surface area contributed by atoms with E-state index in [2.05, 4.69) is 15.2 Å². The van der Waals surface area contributed by atoms with E-state index in [0.29, 0.717) is 6.54 Å². The van der Waals surface area contributed by atoms with Crippen molar-refractivity contribution in [1.29, 1.82) is 0 Å². The number of piperidine rings is 2. The minimum atomic E-state index is -0.00879. The first-order valence-electron chi connectivity index (χ1n) is 9.61. The molecule has 1 N–H and O–H groups in total. The number of pyridine rings is 1. The number of hydrogen-bond donors (Lipinski definition) is 1. The lowest BCUT2D eigenvalue weighted by molar-refractivity contribution is -0.130. The Balaban J connectivity index is 1.32. The smallest absolute Gasteiger partial charge is 0.317 e. The average molecular weight is 357 g/mol. The molecule has 3 amide bonds. The minimum absolute atomic E-state index is 0.000846. The first kappa shape index (κ1) is 17.1. The molecule has 0 radical (unpaired) electrons. The number of carbonyl (C=O) groups is 2. The van der Waals surface area contributed by atoms with Crippen LogP contribution in [0.5, 0.6) is 0 Å². The molecule has 4 rings (SSSR count). The number of nitrogens with zero attached hydrogens (tertiary/aromatic N) is 4. The quantitative estimate of drug-likeness (QED) is 0.867. The van der Waals surface area contributed by atoms with Crippen molar-refractivity contribution in [2.24, 2.45) is 5.92 Å². The standard InChI is InChI=1S/C19H27N5O2/c1-22-13-16-15(18(22)25)5-4-10-24(16)19(26)21-14-7-11-23(12-8-14)17-6-2-3-9-20-17/h2-3,6,9,14-16H,4-5,7-8,10-13H2,1H3,(H,21,26)/t15-,16-/m1/s1. The minimum Gasteiger partial charge on any atom is -0.356 e. The Hall–Kier alpha value is -2.31. The molecular formula is C19H27N5O2. The number of likely N-dealkylation sites (tertiary alicyclic amines) is 2. The van der Waals surface area contributed by atoms with E-state index < -0.39 is 0 Å². The number of amides is 3. The van der Waals surface area contributed by atoms with Gasteiger partial charge in [-0.1, -0.05) is 6.07 Å². The number of carbonyl (C=O) groups excluding carboxylic acids is 2. The van der Waals surface area contributed by atoms with Gasteiger partial charge in [0.2, 0.25) is 5.91 Å². The second-order valence-electron chi connectivity index (χ2n) is 7.63. The largest absolute Gasteiger partial charge is 0.356 e. The summed E-state index contributed by atoms with van der Waals surface area (Å²) in [7, 11) is 1.84. The van der Waals surface area contributed by atoms with Gasteiger partial charge < -0.3 is 20.0 Å². The van der Waals surface area contributed by atoms with Crippen LogP contribution in [-0.2, 0) is 4.79 Å². The Morgan fingerprint density at radius 1 is 1.19 bits per heavy atom. The van der Waals surface area contributed by atoms with Gasteiger partial charge in [0.15, 0.2) is 0 Å². The second-order valence-corrected chi connectivity index (χ2v) is 7.63. The van der Waals surface area contributed by atoms with Crippen LogP contribution in [0.3, 0.4) is 0 Å². The van der Waals surface area contributed by atoms with Crippen LogP contribution in [0.1, 0.15) is 25.7 Å². The molecule has 0 saturated carbocycles. The van der Waals surface area contributed by atoms with Gasteiger partial charge in [-0.05, 0) is 37.8 Å². The molecule has 26 heavy (non-hydrogen) atoms. The van der Waals surface area contributed by atoms with Gasteiger partial charge in [0.05, 0.1) is 12.0 Å². The van der Waals surface area contributed by atoms with E-state index in [-0.39, 0.29) is 29.9 Å². The SMILES string of the molecule is CN1C[C@@H]2[C@@H](CCCN2C(=O)NC2CCN(c3ccccn3)CC2)C1=O. The van der Waals surface area contributed by atoms with E-state index in [4.69, 9.17) is 0 Å². The summed E-state index contributed by atoms with van der Waals surface area (Å²) < 4.78 is 0. The maximum Gasteiger partial charge on any atom is 0.317 e. The summed E-state index contributed by atoms with van der Waals surface area (Å²) >= 11 is 0. The normalized spacial score (nSPS) is 26.8. The van der Waals surface area contributed by atoms with Gasteiger partial charge in [0.25, 0.3) is 0 Å². The molecule has 140 valence electrons. The first-order chi connectivity index (χ1) is 12.6. The average Bonchev–Trinajstić information content (AvgIpc) is 2.97. The number of hydrogen-bond acceptors (Lipinski definition) is 4. The number of likely N-dealkylation sites (N-methyl/N-ethyl adjacent to an activating group) is 1. The van der Waals surface area contributed by atoms with E-state index >= 15 is 0 Å².